The third kappa shape index (κ3) is 1.97. The highest BCUT2D eigenvalue weighted by Gasteiger charge is 2.11. The van der Waals surface area contributed by atoms with Gasteiger partial charge in [-0.25, -0.2) is 4.79 Å². The van der Waals surface area contributed by atoms with Crippen molar-refractivity contribution in [2.45, 2.75) is 6.92 Å². The molecule has 0 radical (unpaired) electrons. The lowest BCUT2D eigenvalue weighted by atomic mass is 10.1. The van der Waals surface area contributed by atoms with E-state index < -0.39 is 5.97 Å². The Bertz CT molecular complexity index is 638. The van der Waals surface area contributed by atoms with Gasteiger partial charge in [0.25, 0.3) is 0 Å². The first-order valence-corrected chi connectivity index (χ1v) is 5.58. The number of ether oxygens (including phenoxy) is 1. The van der Waals surface area contributed by atoms with E-state index in [-0.39, 0.29) is 0 Å². The average molecular weight is 245 g/mol. The molecule has 1 heterocycles. The van der Waals surface area contributed by atoms with Gasteiger partial charge in [-0.1, -0.05) is 6.07 Å². The Kier molecular flexibility index (Phi) is 3.10. The quantitative estimate of drug-likeness (QED) is 0.845. The molecule has 0 bridgehead atoms. The molecule has 0 aliphatic rings. The lowest BCUT2D eigenvalue weighted by Gasteiger charge is -2.06. The van der Waals surface area contributed by atoms with Crippen LogP contribution in [0.4, 0.5) is 0 Å². The number of aromatic nitrogens is 1. The maximum absolute atomic E-state index is 10.6. The molecule has 2 aromatic rings. The maximum atomic E-state index is 10.6. The van der Waals surface area contributed by atoms with Gasteiger partial charge in [0.2, 0.25) is 0 Å². The minimum atomic E-state index is -0.951. The van der Waals surface area contributed by atoms with Gasteiger partial charge < -0.3 is 14.4 Å². The van der Waals surface area contributed by atoms with Crippen molar-refractivity contribution < 1.29 is 14.6 Å². The first-order chi connectivity index (χ1) is 8.54. The van der Waals surface area contributed by atoms with Gasteiger partial charge >= 0.3 is 5.97 Å². The maximum Gasteiger partial charge on any atom is 0.328 e. The molecule has 1 aromatic heterocycles. The SMILES string of the molecule is COc1ccc(C)c2c(/C=C/C(=O)O)cn(C)c12. The molecule has 0 amide bonds. The first-order valence-electron chi connectivity index (χ1n) is 5.58. The van der Waals surface area contributed by atoms with Crippen LogP contribution >= 0.6 is 0 Å². The topological polar surface area (TPSA) is 51.5 Å². The van der Waals surface area contributed by atoms with E-state index in [2.05, 4.69) is 0 Å². The number of fused-ring (bicyclic) bond motifs is 1. The molecule has 0 aliphatic heterocycles. The third-order valence-corrected chi connectivity index (χ3v) is 2.95. The summed E-state index contributed by atoms with van der Waals surface area (Å²) in [5, 5.41) is 9.73. The highest BCUT2D eigenvalue weighted by atomic mass is 16.5. The minimum Gasteiger partial charge on any atom is -0.495 e. The fraction of sp³-hybridized carbons (Fsp3) is 0.214. The van der Waals surface area contributed by atoms with Crippen molar-refractivity contribution in [3.8, 4) is 5.75 Å². The first kappa shape index (κ1) is 12.2. The second-order valence-electron chi connectivity index (χ2n) is 4.18. The fourth-order valence-electron chi connectivity index (χ4n) is 2.18. The number of methoxy groups -OCH3 is 1. The average Bonchev–Trinajstić information content (AvgIpc) is 2.66. The van der Waals surface area contributed by atoms with E-state index in [1.807, 2.05) is 36.9 Å². The molecular weight excluding hydrogens is 230 g/mol. The Morgan fingerprint density at radius 3 is 2.78 bits per heavy atom. The number of hydrogen-bond donors (Lipinski definition) is 1. The van der Waals surface area contributed by atoms with Crippen LogP contribution in [0.5, 0.6) is 5.75 Å². The molecule has 0 atom stereocenters. The molecule has 4 heteroatoms. The van der Waals surface area contributed by atoms with Crippen molar-refractivity contribution in [2.75, 3.05) is 7.11 Å². The molecule has 0 fully saturated rings. The van der Waals surface area contributed by atoms with Crippen LogP contribution in [0, 0.1) is 6.92 Å². The van der Waals surface area contributed by atoms with Crippen LogP contribution in [0.1, 0.15) is 11.1 Å². The number of carboxylic acid groups (broad SMARTS) is 1. The van der Waals surface area contributed by atoms with Gasteiger partial charge in [-0.15, -0.1) is 0 Å². The lowest BCUT2D eigenvalue weighted by molar-refractivity contribution is -0.131. The summed E-state index contributed by atoms with van der Waals surface area (Å²) in [6.07, 6.45) is 4.66. The van der Waals surface area contributed by atoms with Gasteiger partial charge in [0, 0.05) is 30.3 Å². The molecule has 0 saturated carbocycles. The van der Waals surface area contributed by atoms with Crippen LogP contribution in [0.2, 0.25) is 0 Å². The second kappa shape index (κ2) is 4.56. The highest BCUT2D eigenvalue weighted by Crippen LogP contribution is 2.32. The van der Waals surface area contributed by atoms with Gasteiger partial charge in [-0.2, -0.15) is 0 Å². The number of benzene rings is 1. The largest absolute Gasteiger partial charge is 0.495 e. The van der Waals surface area contributed by atoms with E-state index >= 15 is 0 Å². The summed E-state index contributed by atoms with van der Waals surface area (Å²) >= 11 is 0. The number of rotatable bonds is 3. The molecule has 4 nitrogen and oxygen atoms in total. The number of aryl methyl sites for hydroxylation is 2. The molecule has 0 aliphatic carbocycles. The van der Waals surface area contributed by atoms with E-state index in [0.29, 0.717) is 0 Å². The predicted octanol–water partition coefficient (Wildman–Crippen LogP) is 2.59. The van der Waals surface area contributed by atoms with Crippen molar-refractivity contribution in [2.24, 2.45) is 7.05 Å². The number of carbonyl (C=O) groups is 1. The van der Waals surface area contributed by atoms with Crippen LogP contribution in [0.15, 0.2) is 24.4 Å². The number of nitrogens with zero attached hydrogens (tertiary/aromatic N) is 1. The van der Waals surface area contributed by atoms with Gasteiger partial charge in [0.05, 0.1) is 12.6 Å². The van der Waals surface area contributed by atoms with Gasteiger partial charge in [-0.3, -0.25) is 0 Å². The van der Waals surface area contributed by atoms with Crippen LogP contribution < -0.4 is 4.74 Å². The zero-order chi connectivity index (χ0) is 13.3. The second-order valence-corrected chi connectivity index (χ2v) is 4.18. The normalized spacial score (nSPS) is 11.3. The molecule has 1 aromatic carbocycles. The Labute approximate surface area is 105 Å². The zero-order valence-corrected chi connectivity index (χ0v) is 10.6. The summed E-state index contributed by atoms with van der Waals surface area (Å²) in [6.45, 7) is 2.00. The van der Waals surface area contributed by atoms with Crippen molar-refractivity contribution >= 4 is 22.9 Å². The van der Waals surface area contributed by atoms with Crippen LogP contribution in [-0.4, -0.2) is 22.8 Å². The van der Waals surface area contributed by atoms with E-state index in [4.69, 9.17) is 9.84 Å². The van der Waals surface area contributed by atoms with Crippen LogP contribution in [0.25, 0.3) is 17.0 Å². The van der Waals surface area contributed by atoms with Gasteiger partial charge in [0.15, 0.2) is 0 Å². The summed E-state index contributed by atoms with van der Waals surface area (Å²) in [6, 6.07) is 3.89. The van der Waals surface area contributed by atoms with Gasteiger partial charge in [-0.05, 0) is 24.6 Å². The summed E-state index contributed by atoms with van der Waals surface area (Å²) in [4.78, 5) is 10.6. The number of hydrogen-bond acceptors (Lipinski definition) is 2. The van der Waals surface area contributed by atoms with Crippen molar-refractivity contribution in [3.63, 3.8) is 0 Å². The molecule has 94 valence electrons. The summed E-state index contributed by atoms with van der Waals surface area (Å²) in [5.74, 6) is -0.166. The molecule has 18 heavy (non-hydrogen) atoms. The summed E-state index contributed by atoms with van der Waals surface area (Å²) in [5.41, 5.74) is 2.95. The molecule has 0 unspecified atom stereocenters. The number of aliphatic carboxylic acids is 1. The Morgan fingerprint density at radius 2 is 2.17 bits per heavy atom. The van der Waals surface area contributed by atoms with Gasteiger partial charge in [0.1, 0.15) is 5.75 Å². The van der Waals surface area contributed by atoms with E-state index in [1.165, 1.54) is 0 Å². The van der Waals surface area contributed by atoms with Crippen LogP contribution in [0.3, 0.4) is 0 Å². The fourth-order valence-corrected chi connectivity index (χ4v) is 2.18. The molecule has 0 spiro atoms. The smallest absolute Gasteiger partial charge is 0.328 e. The Balaban J connectivity index is 2.73. The summed E-state index contributed by atoms with van der Waals surface area (Å²) < 4.78 is 7.29. The van der Waals surface area contributed by atoms with Crippen molar-refractivity contribution in [1.29, 1.82) is 0 Å². The lowest BCUT2D eigenvalue weighted by Crippen LogP contribution is -1.91. The molecular formula is C14H15NO3. The third-order valence-electron chi connectivity index (χ3n) is 2.95. The van der Waals surface area contributed by atoms with E-state index in [9.17, 15) is 4.79 Å². The monoisotopic (exact) mass is 245 g/mol. The zero-order valence-electron chi connectivity index (χ0n) is 10.6. The van der Waals surface area contributed by atoms with Crippen molar-refractivity contribution in [1.82, 2.24) is 4.57 Å². The highest BCUT2D eigenvalue weighted by molar-refractivity contribution is 5.98. The van der Waals surface area contributed by atoms with Crippen molar-refractivity contribution in [3.05, 3.63) is 35.5 Å². The molecule has 0 saturated heterocycles. The minimum absolute atomic E-state index is 0.785. The number of carboxylic acids is 1. The molecule has 1 N–H and O–H groups in total. The standard InChI is InChI=1S/C14H15NO3/c1-9-4-6-11(18-3)14-13(9)10(8-15(14)2)5-7-12(16)17/h4-8H,1-3H3,(H,16,17)/b7-5+. The Morgan fingerprint density at radius 1 is 1.44 bits per heavy atom. The van der Waals surface area contributed by atoms with Crippen LogP contribution in [-0.2, 0) is 11.8 Å². The summed E-state index contributed by atoms with van der Waals surface area (Å²) in [7, 11) is 3.55. The molecule has 2 rings (SSSR count). The predicted molar refractivity (Wildman–Crippen MR) is 70.9 cm³/mol. The Hall–Kier alpha value is -2.23. The van der Waals surface area contributed by atoms with E-state index in [0.717, 1.165) is 33.9 Å². The van der Waals surface area contributed by atoms with E-state index in [1.54, 1.807) is 13.2 Å².